The minimum atomic E-state index is -0.484. The van der Waals surface area contributed by atoms with Crippen molar-refractivity contribution in [3.05, 3.63) is 58.7 Å². The van der Waals surface area contributed by atoms with E-state index in [1.165, 1.54) is 6.20 Å². The second kappa shape index (κ2) is 5.71. The van der Waals surface area contributed by atoms with Crippen molar-refractivity contribution >= 4 is 23.3 Å². The third-order valence-corrected chi connectivity index (χ3v) is 3.00. The van der Waals surface area contributed by atoms with Crippen molar-refractivity contribution in [1.29, 1.82) is 0 Å². The molecule has 3 N–H and O–H groups in total. The van der Waals surface area contributed by atoms with E-state index in [1.54, 1.807) is 12.1 Å². The zero-order valence-electron chi connectivity index (χ0n) is 10.4. The molecule has 0 saturated carbocycles. The summed E-state index contributed by atoms with van der Waals surface area (Å²) in [5.74, 6) is 0.194. The van der Waals surface area contributed by atoms with Crippen molar-refractivity contribution in [3.8, 4) is 0 Å². The molecule has 0 bridgehead atoms. The third kappa shape index (κ3) is 3.45. The molecule has 19 heavy (non-hydrogen) atoms. The Hall–Kier alpha value is -2.07. The molecule has 0 aliphatic heterocycles. The van der Waals surface area contributed by atoms with Gasteiger partial charge in [0.05, 0.1) is 5.56 Å². The fourth-order valence-corrected chi connectivity index (χ4v) is 1.90. The molecule has 0 spiro atoms. The van der Waals surface area contributed by atoms with Crippen molar-refractivity contribution in [2.24, 2.45) is 5.73 Å². The number of nitrogens with zero attached hydrogens (tertiary/aromatic N) is 1. The van der Waals surface area contributed by atoms with Gasteiger partial charge in [0.2, 0.25) is 5.91 Å². The Labute approximate surface area is 116 Å². The van der Waals surface area contributed by atoms with Crippen LogP contribution in [0.1, 0.15) is 28.9 Å². The largest absolute Gasteiger partial charge is 0.366 e. The summed E-state index contributed by atoms with van der Waals surface area (Å²) in [7, 11) is 0. The minimum Gasteiger partial charge on any atom is -0.366 e. The van der Waals surface area contributed by atoms with Gasteiger partial charge in [-0.1, -0.05) is 23.7 Å². The maximum absolute atomic E-state index is 10.9. The number of carbonyl (C=O) groups excluding carboxylic acids is 1. The lowest BCUT2D eigenvalue weighted by Gasteiger charge is -2.15. The van der Waals surface area contributed by atoms with Crippen LogP contribution in [0, 0.1) is 0 Å². The summed E-state index contributed by atoms with van der Waals surface area (Å²) in [6.45, 7) is 2.01. The van der Waals surface area contributed by atoms with Crippen molar-refractivity contribution in [2.45, 2.75) is 13.0 Å². The lowest BCUT2D eigenvalue weighted by Crippen LogP contribution is -2.12. The molecule has 2 aromatic rings. The van der Waals surface area contributed by atoms with Crippen LogP contribution < -0.4 is 11.1 Å². The fourth-order valence-electron chi connectivity index (χ4n) is 1.71. The number of rotatable bonds is 4. The van der Waals surface area contributed by atoms with E-state index in [-0.39, 0.29) is 6.04 Å². The van der Waals surface area contributed by atoms with E-state index in [4.69, 9.17) is 17.3 Å². The fraction of sp³-hybridized carbons (Fsp3) is 0.143. The zero-order chi connectivity index (χ0) is 13.8. The van der Waals surface area contributed by atoms with E-state index >= 15 is 0 Å². The van der Waals surface area contributed by atoms with Gasteiger partial charge < -0.3 is 11.1 Å². The van der Waals surface area contributed by atoms with Crippen LogP contribution in [-0.2, 0) is 0 Å². The summed E-state index contributed by atoms with van der Waals surface area (Å²) in [4.78, 5) is 15.1. The molecule has 4 nitrogen and oxygen atoms in total. The first-order valence-corrected chi connectivity index (χ1v) is 6.22. The summed E-state index contributed by atoms with van der Waals surface area (Å²) in [6, 6.07) is 11.0. The van der Waals surface area contributed by atoms with Gasteiger partial charge in [0.15, 0.2) is 0 Å². The molecule has 1 aromatic heterocycles. The highest BCUT2D eigenvalue weighted by molar-refractivity contribution is 6.30. The molecule has 1 aromatic carbocycles. The van der Waals surface area contributed by atoms with E-state index in [0.717, 1.165) is 5.56 Å². The predicted molar refractivity (Wildman–Crippen MR) is 76.2 cm³/mol. The van der Waals surface area contributed by atoms with Gasteiger partial charge in [-0.05, 0) is 36.8 Å². The van der Waals surface area contributed by atoms with Crippen LogP contribution in [0.3, 0.4) is 0 Å². The molecule has 1 atom stereocenters. The monoisotopic (exact) mass is 275 g/mol. The highest BCUT2D eigenvalue weighted by atomic mass is 35.5. The molecule has 98 valence electrons. The number of aromatic nitrogens is 1. The molecular formula is C14H14ClN3O. The van der Waals surface area contributed by atoms with Gasteiger partial charge in [-0.25, -0.2) is 4.98 Å². The van der Waals surface area contributed by atoms with E-state index in [9.17, 15) is 4.79 Å². The molecule has 1 amide bonds. The van der Waals surface area contributed by atoms with Crippen LogP contribution >= 0.6 is 11.6 Å². The second-order valence-electron chi connectivity index (χ2n) is 4.22. The summed E-state index contributed by atoms with van der Waals surface area (Å²) >= 11 is 5.95. The Morgan fingerprint density at radius 1 is 1.37 bits per heavy atom. The zero-order valence-corrected chi connectivity index (χ0v) is 11.2. The number of nitrogens with one attached hydrogen (secondary N) is 1. The second-order valence-corrected chi connectivity index (χ2v) is 4.65. The third-order valence-electron chi connectivity index (χ3n) is 2.76. The van der Waals surface area contributed by atoms with E-state index in [0.29, 0.717) is 16.4 Å². The standard InChI is InChI=1S/C14H14ClN3O/c1-9(10-3-2-4-12(15)7-10)18-13-6-5-11(8-17-13)14(16)19/h2-9H,1H3,(H2,16,19)(H,17,18). The predicted octanol–water partition coefficient (Wildman–Crippen LogP) is 3.01. The van der Waals surface area contributed by atoms with E-state index < -0.39 is 5.91 Å². The topological polar surface area (TPSA) is 68.0 Å². The Morgan fingerprint density at radius 2 is 2.16 bits per heavy atom. The molecular weight excluding hydrogens is 262 g/mol. The summed E-state index contributed by atoms with van der Waals surface area (Å²) in [6.07, 6.45) is 1.45. The summed E-state index contributed by atoms with van der Waals surface area (Å²) < 4.78 is 0. The van der Waals surface area contributed by atoms with Crippen molar-refractivity contribution in [2.75, 3.05) is 5.32 Å². The number of anilines is 1. The first kappa shape index (κ1) is 13.4. The highest BCUT2D eigenvalue weighted by Crippen LogP contribution is 2.20. The Morgan fingerprint density at radius 3 is 2.74 bits per heavy atom. The molecule has 5 heteroatoms. The molecule has 0 aliphatic carbocycles. The van der Waals surface area contributed by atoms with Gasteiger partial charge in [0, 0.05) is 17.3 Å². The average Bonchev–Trinajstić information content (AvgIpc) is 2.39. The number of carbonyl (C=O) groups is 1. The number of halogens is 1. The summed E-state index contributed by atoms with van der Waals surface area (Å²) in [5.41, 5.74) is 6.61. The van der Waals surface area contributed by atoms with Crippen molar-refractivity contribution < 1.29 is 4.79 Å². The van der Waals surface area contributed by atoms with Gasteiger partial charge in [0.1, 0.15) is 5.82 Å². The molecule has 0 radical (unpaired) electrons. The number of nitrogens with two attached hydrogens (primary N) is 1. The van der Waals surface area contributed by atoms with Gasteiger partial charge in [0.25, 0.3) is 0 Å². The van der Waals surface area contributed by atoms with E-state index in [2.05, 4.69) is 10.3 Å². The van der Waals surface area contributed by atoms with Crippen molar-refractivity contribution in [3.63, 3.8) is 0 Å². The summed E-state index contributed by atoms with van der Waals surface area (Å²) in [5, 5.41) is 3.93. The maximum atomic E-state index is 10.9. The SMILES string of the molecule is CC(Nc1ccc(C(N)=O)cn1)c1cccc(Cl)c1. The van der Waals surface area contributed by atoms with Crippen LogP contribution in [-0.4, -0.2) is 10.9 Å². The number of amides is 1. The lowest BCUT2D eigenvalue weighted by atomic mass is 10.1. The average molecular weight is 276 g/mol. The lowest BCUT2D eigenvalue weighted by molar-refractivity contribution is 0.1000. The van der Waals surface area contributed by atoms with Crippen LogP contribution in [0.2, 0.25) is 5.02 Å². The van der Waals surface area contributed by atoms with Gasteiger partial charge >= 0.3 is 0 Å². The van der Waals surface area contributed by atoms with Gasteiger partial charge in [-0.2, -0.15) is 0 Å². The van der Waals surface area contributed by atoms with Gasteiger partial charge in [-0.15, -0.1) is 0 Å². The Kier molecular flexibility index (Phi) is 4.02. The van der Waals surface area contributed by atoms with Crippen LogP contribution in [0.5, 0.6) is 0 Å². The first-order chi connectivity index (χ1) is 9.06. The Balaban J connectivity index is 2.10. The van der Waals surface area contributed by atoms with Crippen LogP contribution in [0.4, 0.5) is 5.82 Å². The maximum Gasteiger partial charge on any atom is 0.250 e. The Bertz CT molecular complexity index is 583. The molecule has 1 heterocycles. The number of primary amides is 1. The molecule has 0 aliphatic rings. The quantitative estimate of drug-likeness (QED) is 0.901. The van der Waals surface area contributed by atoms with E-state index in [1.807, 2.05) is 31.2 Å². The molecule has 2 rings (SSSR count). The normalized spacial score (nSPS) is 11.9. The first-order valence-electron chi connectivity index (χ1n) is 5.84. The molecule has 0 fully saturated rings. The number of benzene rings is 1. The van der Waals surface area contributed by atoms with Crippen LogP contribution in [0.15, 0.2) is 42.6 Å². The molecule has 1 unspecified atom stereocenters. The number of hydrogen-bond donors (Lipinski definition) is 2. The van der Waals surface area contributed by atoms with Gasteiger partial charge in [-0.3, -0.25) is 4.79 Å². The van der Waals surface area contributed by atoms with Crippen LogP contribution in [0.25, 0.3) is 0 Å². The smallest absolute Gasteiger partial charge is 0.250 e. The molecule has 0 saturated heterocycles. The minimum absolute atomic E-state index is 0.0608. The highest BCUT2D eigenvalue weighted by Gasteiger charge is 2.07. The number of hydrogen-bond acceptors (Lipinski definition) is 3. The number of pyridine rings is 1. The van der Waals surface area contributed by atoms with Crippen molar-refractivity contribution in [1.82, 2.24) is 4.98 Å².